The Morgan fingerprint density at radius 3 is 2.75 bits per heavy atom. The molecule has 1 amide bonds. The molecule has 0 saturated heterocycles. The highest BCUT2D eigenvalue weighted by Crippen LogP contribution is 2.28. The van der Waals surface area contributed by atoms with E-state index in [0.717, 1.165) is 29.0 Å². The van der Waals surface area contributed by atoms with Crippen molar-refractivity contribution in [2.75, 3.05) is 6.61 Å². The minimum atomic E-state index is -1.01. The molecular weight excluding hydrogens is 456 g/mol. The molecule has 36 heavy (non-hydrogen) atoms. The van der Waals surface area contributed by atoms with Crippen LogP contribution < -0.4 is 4.74 Å². The van der Waals surface area contributed by atoms with Crippen molar-refractivity contribution in [3.8, 4) is 5.75 Å². The molecule has 1 aliphatic rings. The molecule has 1 aromatic carbocycles. The molecule has 0 spiro atoms. The molecule has 1 aromatic heterocycles. The Morgan fingerprint density at radius 1 is 1.28 bits per heavy atom. The van der Waals surface area contributed by atoms with Gasteiger partial charge >= 0.3 is 5.97 Å². The van der Waals surface area contributed by atoms with Crippen LogP contribution in [0.5, 0.6) is 5.75 Å². The summed E-state index contributed by atoms with van der Waals surface area (Å²) in [5.74, 6) is 0.706. The monoisotopic (exact) mass is 492 g/mol. The Hall–Kier alpha value is -3.61. The van der Waals surface area contributed by atoms with E-state index in [1.807, 2.05) is 38.1 Å². The minimum Gasteiger partial charge on any atom is -0.493 e. The topological polar surface area (TPSA) is 92.9 Å². The van der Waals surface area contributed by atoms with Gasteiger partial charge in [-0.25, -0.2) is 9.78 Å². The molecule has 0 aliphatic carbocycles. The zero-order chi connectivity index (χ0) is 26.3. The van der Waals surface area contributed by atoms with E-state index in [-0.39, 0.29) is 24.3 Å². The number of fused-ring (bicyclic) bond motifs is 1. The average Bonchev–Trinajstić information content (AvgIpc) is 3.21. The van der Waals surface area contributed by atoms with Gasteiger partial charge in [-0.1, -0.05) is 51.1 Å². The van der Waals surface area contributed by atoms with Gasteiger partial charge in [0.25, 0.3) is 0 Å². The fourth-order valence-corrected chi connectivity index (χ4v) is 3.88. The molecule has 0 saturated carbocycles. The number of carbonyl (C=O) groups is 2. The molecule has 0 fully saturated rings. The Labute approximate surface area is 213 Å². The van der Waals surface area contributed by atoms with E-state index in [4.69, 9.17) is 9.15 Å². The lowest BCUT2D eigenvalue weighted by molar-refractivity contribution is -0.149. The summed E-state index contributed by atoms with van der Waals surface area (Å²) in [4.78, 5) is 30.4. The number of aryl methyl sites for hydroxylation is 1. The molecule has 0 unspecified atom stereocenters. The van der Waals surface area contributed by atoms with Crippen molar-refractivity contribution in [3.63, 3.8) is 0 Å². The Bertz CT molecular complexity index is 1170. The Balaban J connectivity index is 1.66. The molecule has 192 valence electrons. The fourth-order valence-electron chi connectivity index (χ4n) is 3.88. The molecule has 0 bridgehead atoms. The van der Waals surface area contributed by atoms with Crippen molar-refractivity contribution >= 4 is 18.0 Å². The number of aromatic nitrogens is 1. The number of hydrogen-bond donors (Lipinski definition) is 1. The largest absolute Gasteiger partial charge is 0.493 e. The van der Waals surface area contributed by atoms with Gasteiger partial charge in [-0.15, -0.1) is 0 Å². The third-order valence-corrected chi connectivity index (χ3v) is 6.52. The van der Waals surface area contributed by atoms with Gasteiger partial charge in [0.2, 0.25) is 11.8 Å². The lowest BCUT2D eigenvalue weighted by Gasteiger charge is -2.34. The van der Waals surface area contributed by atoms with Crippen LogP contribution >= 0.6 is 0 Å². The fraction of sp³-hybridized carbons (Fsp3) is 0.414. The summed E-state index contributed by atoms with van der Waals surface area (Å²) in [6.45, 7) is 10.9. The van der Waals surface area contributed by atoms with Crippen molar-refractivity contribution in [1.29, 1.82) is 0 Å². The van der Waals surface area contributed by atoms with Gasteiger partial charge < -0.3 is 19.2 Å². The summed E-state index contributed by atoms with van der Waals surface area (Å²) in [5, 5.41) is 9.67. The van der Waals surface area contributed by atoms with E-state index in [9.17, 15) is 14.7 Å². The summed E-state index contributed by atoms with van der Waals surface area (Å²) < 4.78 is 11.8. The number of ether oxygens (including phenoxy) is 1. The van der Waals surface area contributed by atoms with Crippen LogP contribution in [0.25, 0.3) is 6.08 Å². The zero-order valence-corrected chi connectivity index (χ0v) is 21.8. The molecule has 1 N–H and O–H groups in total. The number of benzene rings is 1. The second-order valence-corrected chi connectivity index (χ2v) is 9.67. The van der Waals surface area contributed by atoms with Crippen molar-refractivity contribution in [1.82, 2.24) is 9.88 Å². The van der Waals surface area contributed by atoms with Gasteiger partial charge in [0, 0.05) is 25.5 Å². The molecule has 0 radical (unpaired) electrons. The average molecular weight is 493 g/mol. The number of carboxylic acids is 1. The van der Waals surface area contributed by atoms with Crippen LogP contribution in [0.1, 0.15) is 62.6 Å². The van der Waals surface area contributed by atoms with Gasteiger partial charge in [0.05, 0.1) is 12.3 Å². The van der Waals surface area contributed by atoms with Crippen LogP contribution in [0.3, 0.4) is 0 Å². The number of rotatable bonds is 10. The first-order valence-electron chi connectivity index (χ1n) is 12.4. The quantitative estimate of drug-likeness (QED) is 0.347. The van der Waals surface area contributed by atoms with Gasteiger partial charge in [0.15, 0.2) is 0 Å². The SMILES string of the molecule is C/C=C/C=C/C(=O)N1Cc2cc(OCCc3nc(/C=C/C(C)(C)CC)oc3C)ccc2C[C@H]1C(=O)O. The highest BCUT2D eigenvalue weighted by atomic mass is 16.5. The first kappa shape index (κ1) is 27.0. The lowest BCUT2D eigenvalue weighted by Crippen LogP contribution is -2.48. The number of carbonyl (C=O) groups excluding carboxylic acids is 1. The minimum absolute atomic E-state index is 0.0889. The third-order valence-electron chi connectivity index (χ3n) is 6.52. The van der Waals surface area contributed by atoms with Crippen molar-refractivity contribution in [3.05, 3.63) is 77.1 Å². The molecule has 2 aromatic rings. The Morgan fingerprint density at radius 2 is 2.06 bits per heavy atom. The maximum Gasteiger partial charge on any atom is 0.326 e. The van der Waals surface area contributed by atoms with E-state index in [1.54, 1.807) is 18.2 Å². The van der Waals surface area contributed by atoms with Crippen LogP contribution in [-0.2, 0) is 29.0 Å². The zero-order valence-electron chi connectivity index (χ0n) is 21.8. The summed E-state index contributed by atoms with van der Waals surface area (Å²) in [6.07, 6.45) is 12.5. The number of hydrogen-bond acceptors (Lipinski definition) is 5. The summed E-state index contributed by atoms with van der Waals surface area (Å²) in [6, 6.07) is 4.73. The van der Waals surface area contributed by atoms with Crippen LogP contribution in [-0.4, -0.2) is 39.5 Å². The standard InChI is InChI=1S/C29H36N2O5/c1-6-8-9-10-27(32)31-19-22-17-23(12-11-21(22)18-25(31)28(33)34)35-16-14-24-20(3)36-26(30-24)13-15-29(4,5)7-2/h6,8-13,15,17,25H,7,14,16,18-19H2,1-5H3,(H,33,34)/b8-6+,10-9+,15-13+/t25-/m0/s1. The molecule has 1 atom stereocenters. The van der Waals surface area contributed by atoms with E-state index in [2.05, 4.69) is 31.8 Å². The second kappa shape index (κ2) is 11.9. The van der Waals surface area contributed by atoms with Crippen LogP contribution in [0.15, 0.2) is 53.0 Å². The van der Waals surface area contributed by atoms with Crippen LogP contribution in [0, 0.1) is 12.3 Å². The molecule has 7 heteroatoms. The lowest BCUT2D eigenvalue weighted by atomic mass is 9.90. The van der Waals surface area contributed by atoms with E-state index < -0.39 is 12.0 Å². The van der Waals surface area contributed by atoms with Crippen LogP contribution in [0.2, 0.25) is 0 Å². The highest BCUT2D eigenvalue weighted by Gasteiger charge is 2.33. The number of nitrogens with zero attached hydrogens (tertiary/aromatic N) is 2. The molecule has 2 heterocycles. The number of allylic oxidation sites excluding steroid dienone is 4. The van der Waals surface area contributed by atoms with E-state index in [0.29, 0.717) is 24.7 Å². The first-order chi connectivity index (χ1) is 17.1. The van der Waals surface area contributed by atoms with Gasteiger partial charge in [-0.3, -0.25) is 4.79 Å². The van der Waals surface area contributed by atoms with Gasteiger partial charge in [0.1, 0.15) is 17.6 Å². The number of amides is 1. The maximum atomic E-state index is 12.7. The third kappa shape index (κ3) is 6.97. The number of oxazole rings is 1. The van der Waals surface area contributed by atoms with E-state index in [1.165, 1.54) is 11.0 Å². The molecular formula is C29H36N2O5. The normalized spacial score (nSPS) is 16.2. The van der Waals surface area contributed by atoms with Crippen molar-refractivity contribution in [2.45, 2.75) is 66.5 Å². The highest BCUT2D eigenvalue weighted by molar-refractivity contribution is 5.92. The number of aliphatic carboxylic acids is 1. The predicted molar refractivity (Wildman–Crippen MR) is 140 cm³/mol. The Kier molecular flexibility index (Phi) is 8.91. The number of carboxylic acid groups (broad SMARTS) is 1. The van der Waals surface area contributed by atoms with Gasteiger partial charge in [-0.05, 0) is 55.0 Å². The summed E-state index contributed by atoms with van der Waals surface area (Å²) in [7, 11) is 0. The summed E-state index contributed by atoms with van der Waals surface area (Å²) >= 11 is 0. The smallest absolute Gasteiger partial charge is 0.326 e. The van der Waals surface area contributed by atoms with Crippen molar-refractivity contribution in [2.24, 2.45) is 5.41 Å². The maximum absolute atomic E-state index is 12.7. The first-order valence-corrected chi connectivity index (χ1v) is 12.4. The second-order valence-electron chi connectivity index (χ2n) is 9.67. The van der Waals surface area contributed by atoms with Gasteiger partial charge in [-0.2, -0.15) is 0 Å². The molecule has 7 nitrogen and oxygen atoms in total. The molecule has 3 rings (SSSR count). The molecule has 1 aliphatic heterocycles. The van der Waals surface area contributed by atoms with Crippen molar-refractivity contribution < 1.29 is 23.8 Å². The summed E-state index contributed by atoms with van der Waals surface area (Å²) in [5.41, 5.74) is 2.75. The van der Waals surface area contributed by atoms with E-state index >= 15 is 0 Å². The van der Waals surface area contributed by atoms with Crippen LogP contribution in [0.4, 0.5) is 0 Å². The predicted octanol–water partition coefficient (Wildman–Crippen LogP) is 5.52.